The van der Waals surface area contributed by atoms with Gasteiger partial charge in [0.05, 0.1) is 31.2 Å². The molecular formula is C33H31FN4O3. The van der Waals surface area contributed by atoms with Gasteiger partial charge in [-0.3, -0.25) is 9.59 Å². The number of imidazole rings is 1. The van der Waals surface area contributed by atoms with Gasteiger partial charge in [-0.25, -0.2) is 9.37 Å². The standard InChI is InChI=1S/C33H31FN4O3/c1-22-14-26(8-13-31(22)38-18-23(2)36-21-38)15-27-16-28(32(39)35-17-24-6-11-30(41-3)12-7-24)20-37(33(27)40)19-25-4-9-29(34)10-5-25/h4-14,16,18,20-21H,15,17,19H2,1-3H3,(H,35,39). The summed E-state index contributed by atoms with van der Waals surface area (Å²) in [5, 5.41) is 2.95. The van der Waals surface area contributed by atoms with E-state index in [1.807, 2.05) is 67.1 Å². The number of ether oxygens (including phenoxy) is 1. The smallest absolute Gasteiger partial charge is 0.254 e. The first kappa shape index (κ1) is 27.6. The van der Waals surface area contributed by atoms with Crippen LogP contribution in [0.4, 0.5) is 4.39 Å². The number of amides is 1. The molecule has 0 aliphatic heterocycles. The van der Waals surface area contributed by atoms with E-state index in [9.17, 15) is 14.0 Å². The number of nitrogens with zero attached hydrogens (tertiary/aromatic N) is 3. The molecule has 3 aromatic carbocycles. The quantitative estimate of drug-likeness (QED) is 0.268. The molecule has 1 amide bonds. The lowest BCUT2D eigenvalue weighted by atomic mass is 10.0. The molecule has 0 bridgehead atoms. The monoisotopic (exact) mass is 550 g/mol. The summed E-state index contributed by atoms with van der Waals surface area (Å²) in [5.41, 5.74) is 6.27. The van der Waals surface area contributed by atoms with Gasteiger partial charge >= 0.3 is 0 Å². The molecule has 0 spiro atoms. The number of methoxy groups -OCH3 is 1. The maximum absolute atomic E-state index is 13.6. The van der Waals surface area contributed by atoms with E-state index in [4.69, 9.17) is 4.74 Å². The molecule has 0 saturated heterocycles. The average molecular weight is 551 g/mol. The van der Waals surface area contributed by atoms with Gasteiger partial charge in [-0.05, 0) is 72.5 Å². The van der Waals surface area contributed by atoms with Gasteiger partial charge in [0.1, 0.15) is 11.6 Å². The van der Waals surface area contributed by atoms with Crippen molar-refractivity contribution in [1.82, 2.24) is 19.4 Å². The predicted molar refractivity (Wildman–Crippen MR) is 156 cm³/mol. The van der Waals surface area contributed by atoms with Crippen molar-refractivity contribution in [3.63, 3.8) is 0 Å². The molecule has 7 nitrogen and oxygen atoms in total. The Labute approximate surface area is 237 Å². The maximum Gasteiger partial charge on any atom is 0.254 e. The fourth-order valence-electron chi connectivity index (χ4n) is 4.77. The molecule has 0 fully saturated rings. The van der Waals surface area contributed by atoms with Crippen molar-refractivity contribution in [1.29, 1.82) is 0 Å². The van der Waals surface area contributed by atoms with Crippen LogP contribution in [0.15, 0.2) is 96.3 Å². The normalized spacial score (nSPS) is 10.9. The third kappa shape index (κ3) is 6.61. The molecule has 5 aromatic rings. The van der Waals surface area contributed by atoms with Crippen LogP contribution >= 0.6 is 0 Å². The lowest BCUT2D eigenvalue weighted by molar-refractivity contribution is 0.0950. The number of halogens is 1. The number of rotatable bonds is 9. The van der Waals surface area contributed by atoms with Crippen LogP contribution in [0, 0.1) is 19.7 Å². The van der Waals surface area contributed by atoms with E-state index in [0.29, 0.717) is 24.1 Å². The Morgan fingerprint density at radius 2 is 1.63 bits per heavy atom. The van der Waals surface area contributed by atoms with Gasteiger partial charge in [0.25, 0.3) is 11.5 Å². The average Bonchev–Trinajstić information content (AvgIpc) is 3.41. The number of aromatic nitrogens is 3. The van der Waals surface area contributed by atoms with Crippen LogP contribution in [-0.4, -0.2) is 27.1 Å². The summed E-state index contributed by atoms with van der Waals surface area (Å²) in [6.07, 6.45) is 5.66. The summed E-state index contributed by atoms with van der Waals surface area (Å²) in [5.74, 6) is 0.0936. The molecule has 0 unspecified atom stereocenters. The highest BCUT2D eigenvalue weighted by Crippen LogP contribution is 2.19. The van der Waals surface area contributed by atoms with Crippen LogP contribution in [0.5, 0.6) is 5.75 Å². The van der Waals surface area contributed by atoms with Crippen LogP contribution < -0.4 is 15.6 Å². The Hall–Kier alpha value is -4.98. The molecule has 0 saturated carbocycles. The second-order valence-corrected chi connectivity index (χ2v) is 10.1. The van der Waals surface area contributed by atoms with Crippen LogP contribution in [-0.2, 0) is 19.5 Å². The zero-order chi connectivity index (χ0) is 28.9. The minimum atomic E-state index is -0.349. The molecule has 0 aliphatic rings. The minimum absolute atomic E-state index is 0.201. The van der Waals surface area contributed by atoms with Crippen LogP contribution in [0.25, 0.3) is 5.69 Å². The summed E-state index contributed by atoms with van der Waals surface area (Å²) in [6.45, 7) is 4.49. The van der Waals surface area contributed by atoms with Gasteiger partial charge in [-0.1, -0.05) is 36.4 Å². The van der Waals surface area contributed by atoms with Gasteiger partial charge in [0, 0.05) is 36.6 Å². The first-order valence-corrected chi connectivity index (χ1v) is 13.3. The van der Waals surface area contributed by atoms with Crippen molar-refractivity contribution in [3.8, 4) is 11.4 Å². The highest BCUT2D eigenvalue weighted by molar-refractivity contribution is 5.94. The second kappa shape index (κ2) is 12.0. The zero-order valence-corrected chi connectivity index (χ0v) is 23.2. The fourth-order valence-corrected chi connectivity index (χ4v) is 4.77. The number of nitrogens with one attached hydrogen (secondary N) is 1. The molecule has 1 N–H and O–H groups in total. The van der Waals surface area contributed by atoms with Gasteiger partial charge in [-0.15, -0.1) is 0 Å². The van der Waals surface area contributed by atoms with Crippen molar-refractivity contribution < 1.29 is 13.9 Å². The molecular weight excluding hydrogens is 519 g/mol. The van der Waals surface area contributed by atoms with Crippen LogP contribution in [0.1, 0.15) is 43.9 Å². The number of aryl methyl sites for hydroxylation is 2. The summed E-state index contributed by atoms with van der Waals surface area (Å²) in [6, 6.07) is 21.1. The van der Waals surface area contributed by atoms with Crippen molar-refractivity contribution in [2.24, 2.45) is 0 Å². The summed E-state index contributed by atoms with van der Waals surface area (Å²) >= 11 is 0. The molecule has 5 rings (SSSR count). The van der Waals surface area contributed by atoms with E-state index < -0.39 is 0 Å². The van der Waals surface area contributed by atoms with E-state index in [1.165, 1.54) is 16.7 Å². The van der Waals surface area contributed by atoms with E-state index in [2.05, 4.69) is 10.3 Å². The van der Waals surface area contributed by atoms with E-state index in [-0.39, 0.29) is 23.8 Å². The number of carbonyl (C=O) groups excluding carboxylic acids is 1. The Morgan fingerprint density at radius 3 is 2.29 bits per heavy atom. The SMILES string of the molecule is COc1ccc(CNC(=O)c2cc(Cc3ccc(-n4cnc(C)c4)c(C)c3)c(=O)n(Cc3ccc(F)cc3)c2)cc1. The van der Waals surface area contributed by atoms with Crippen molar-refractivity contribution in [2.45, 2.75) is 33.4 Å². The number of pyridine rings is 1. The number of benzene rings is 3. The van der Waals surface area contributed by atoms with Crippen molar-refractivity contribution >= 4 is 5.91 Å². The lowest BCUT2D eigenvalue weighted by Crippen LogP contribution is -2.29. The van der Waals surface area contributed by atoms with E-state index in [1.54, 1.807) is 37.8 Å². The third-order valence-electron chi connectivity index (χ3n) is 6.95. The van der Waals surface area contributed by atoms with Gasteiger partial charge in [-0.2, -0.15) is 0 Å². The fraction of sp³-hybridized carbons (Fsp3) is 0.182. The minimum Gasteiger partial charge on any atom is -0.497 e. The Bertz CT molecular complexity index is 1740. The molecule has 8 heteroatoms. The molecule has 208 valence electrons. The Kier molecular flexibility index (Phi) is 8.10. The number of hydrogen-bond acceptors (Lipinski definition) is 4. The summed E-state index contributed by atoms with van der Waals surface area (Å²) in [4.78, 5) is 31.1. The first-order valence-electron chi connectivity index (χ1n) is 13.3. The van der Waals surface area contributed by atoms with Crippen molar-refractivity contribution in [3.05, 3.63) is 147 Å². The number of carbonyl (C=O) groups is 1. The van der Waals surface area contributed by atoms with Crippen LogP contribution in [0.3, 0.4) is 0 Å². The molecule has 0 radical (unpaired) electrons. The highest BCUT2D eigenvalue weighted by atomic mass is 19.1. The van der Waals surface area contributed by atoms with Gasteiger partial charge in [0.2, 0.25) is 0 Å². The zero-order valence-electron chi connectivity index (χ0n) is 23.2. The van der Waals surface area contributed by atoms with Gasteiger partial charge in [0.15, 0.2) is 0 Å². The van der Waals surface area contributed by atoms with Crippen molar-refractivity contribution in [2.75, 3.05) is 7.11 Å². The second-order valence-electron chi connectivity index (χ2n) is 10.1. The highest BCUT2D eigenvalue weighted by Gasteiger charge is 2.15. The summed E-state index contributed by atoms with van der Waals surface area (Å²) in [7, 11) is 1.60. The molecule has 0 aliphatic carbocycles. The third-order valence-corrected chi connectivity index (χ3v) is 6.95. The van der Waals surface area contributed by atoms with E-state index >= 15 is 0 Å². The Morgan fingerprint density at radius 1 is 0.927 bits per heavy atom. The van der Waals surface area contributed by atoms with E-state index in [0.717, 1.165) is 39.4 Å². The first-order chi connectivity index (χ1) is 19.8. The summed E-state index contributed by atoms with van der Waals surface area (Å²) < 4.78 is 22.2. The predicted octanol–water partition coefficient (Wildman–Crippen LogP) is 5.37. The lowest BCUT2D eigenvalue weighted by Gasteiger charge is -2.14. The molecule has 41 heavy (non-hydrogen) atoms. The largest absolute Gasteiger partial charge is 0.497 e. The molecule has 2 heterocycles. The molecule has 0 atom stereocenters. The van der Waals surface area contributed by atoms with Crippen LogP contribution in [0.2, 0.25) is 0 Å². The maximum atomic E-state index is 13.6. The topological polar surface area (TPSA) is 78.2 Å². The number of hydrogen-bond donors (Lipinski definition) is 1. The van der Waals surface area contributed by atoms with Gasteiger partial charge < -0.3 is 19.2 Å². The Balaban J connectivity index is 1.44. The molecule has 2 aromatic heterocycles.